The van der Waals surface area contributed by atoms with E-state index >= 15 is 0 Å². The minimum Gasteiger partial charge on any atom is -0.362 e. The van der Waals surface area contributed by atoms with Crippen molar-refractivity contribution in [3.05, 3.63) is 75.4 Å². The highest BCUT2D eigenvalue weighted by Crippen LogP contribution is 2.37. The zero-order chi connectivity index (χ0) is 20.4. The van der Waals surface area contributed by atoms with Crippen LogP contribution in [0.2, 0.25) is 10.0 Å². The van der Waals surface area contributed by atoms with E-state index in [0.29, 0.717) is 17.2 Å². The number of anilines is 1. The number of allylic oxidation sites excluding steroid dienone is 1. The number of hydrogen-bond acceptors (Lipinski definition) is 2. The van der Waals surface area contributed by atoms with E-state index in [1.807, 2.05) is 0 Å². The Labute approximate surface area is 159 Å². The predicted molar refractivity (Wildman–Crippen MR) is 90.0 cm³/mol. The maximum absolute atomic E-state index is 12.8. The van der Waals surface area contributed by atoms with Gasteiger partial charge in [-0.1, -0.05) is 23.2 Å². The van der Waals surface area contributed by atoms with Crippen LogP contribution in [0.1, 0.15) is 21.5 Å². The molecule has 0 aliphatic heterocycles. The summed E-state index contributed by atoms with van der Waals surface area (Å²) in [5.74, 6) is -0.618. The number of alkyl halides is 6. The van der Waals surface area contributed by atoms with Crippen molar-refractivity contribution < 1.29 is 31.1 Å². The van der Waals surface area contributed by atoms with Gasteiger partial charge in [0.25, 0.3) is 0 Å². The first-order valence-electron chi connectivity index (χ1n) is 7.10. The van der Waals surface area contributed by atoms with Crippen LogP contribution in [-0.2, 0) is 12.4 Å². The molecule has 2 rings (SSSR count). The molecule has 0 radical (unpaired) electrons. The molecule has 0 aliphatic rings. The number of ketones is 1. The minimum absolute atomic E-state index is 0.00747. The topological polar surface area (TPSA) is 29.1 Å². The summed E-state index contributed by atoms with van der Waals surface area (Å²) in [5.41, 5.74) is -3.36. The molecule has 27 heavy (non-hydrogen) atoms. The molecule has 0 aromatic heterocycles. The van der Waals surface area contributed by atoms with Crippen molar-refractivity contribution in [2.75, 3.05) is 5.32 Å². The Hall–Kier alpha value is -2.19. The molecule has 0 fully saturated rings. The second-order valence-corrected chi connectivity index (χ2v) is 6.10. The van der Waals surface area contributed by atoms with E-state index in [1.54, 1.807) is 0 Å². The molecular weight excluding hydrogens is 419 g/mol. The van der Waals surface area contributed by atoms with E-state index in [1.165, 1.54) is 18.2 Å². The van der Waals surface area contributed by atoms with Gasteiger partial charge in [0.15, 0.2) is 5.78 Å². The monoisotopic (exact) mass is 427 g/mol. The Kier molecular flexibility index (Phi) is 6.11. The summed E-state index contributed by atoms with van der Waals surface area (Å²) in [4.78, 5) is 12.0. The molecule has 0 saturated carbocycles. The van der Waals surface area contributed by atoms with Crippen LogP contribution in [0.4, 0.5) is 32.0 Å². The molecule has 10 heteroatoms. The molecule has 2 aromatic rings. The van der Waals surface area contributed by atoms with E-state index in [-0.39, 0.29) is 16.7 Å². The zero-order valence-electron chi connectivity index (χ0n) is 13.1. The van der Waals surface area contributed by atoms with E-state index in [2.05, 4.69) is 5.32 Å². The average Bonchev–Trinajstić information content (AvgIpc) is 2.52. The van der Waals surface area contributed by atoms with E-state index < -0.39 is 35.0 Å². The van der Waals surface area contributed by atoms with Gasteiger partial charge in [-0.3, -0.25) is 4.79 Å². The maximum Gasteiger partial charge on any atom is 0.416 e. The zero-order valence-corrected chi connectivity index (χ0v) is 14.6. The second kappa shape index (κ2) is 7.82. The van der Waals surface area contributed by atoms with Gasteiger partial charge in [0.2, 0.25) is 0 Å². The third-order valence-electron chi connectivity index (χ3n) is 3.27. The van der Waals surface area contributed by atoms with E-state index in [4.69, 9.17) is 23.2 Å². The maximum atomic E-state index is 12.8. The van der Waals surface area contributed by atoms with Crippen molar-refractivity contribution in [2.24, 2.45) is 0 Å². The molecule has 0 aliphatic carbocycles. The molecule has 0 bridgehead atoms. The molecule has 2 nitrogen and oxygen atoms in total. The predicted octanol–water partition coefficient (Wildman–Crippen LogP) is 6.84. The Morgan fingerprint density at radius 2 is 1.44 bits per heavy atom. The number of carbonyl (C=O) groups is 1. The van der Waals surface area contributed by atoms with Gasteiger partial charge in [-0.15, -0.1) is 0 Å². The lowest BCUT2D eigenvalue weighted by molar-refractivity contribution is -0.143. The van der Waals surface area contributed by atoms with Crippen LogP contribution >= 0.6 is 23.2 Å². The van der Waals surface area contributed by atoms with Gasteiger partial charge in [-0.25, -0.2) is 0 Å². The van der Waals surface area contributed by atoms with Gasteiger partial charge >= 0.3 is 12.4 Å². The fourth-order valence-electron chi connectivity index (χ4n) is 2.03. The first-order chi connectivity index (χ1) is 12.4. The van der Waals surface area contributed by atoms with Gasteiger partial charge in [-0.2, -0.15) is 26.3 Å². The third-order valence-corrected chi connectivity index (χ3v) is 3.82. The van der Waals surface area contributed by atoms with Crippen LogP contribution in [0.25, 0.3) is 0 Å². The van der Waals surface area contributed by atoms with Crippen LogP contribution in [-0.4, -0.2) is 5.78 Å². The van der Waals surface area contributed by atoms with Gasteiger partial charge in [0.05, 0.1) is 16.1 Å². The average molecular weight is 428 g/mol. The van der Waals surface area contributed by atoms with Crippen LogP contribution in [0.3, 0.4) is 0 Å². The van der Waals surface area contributed by atoms with Crippen molar-refractivity contribution in [1.82, 2.24) is 0 Å². The highest BCUT2D eigenvalue weighted by atomic mass is 35.5. The van der Waals surface area contributed by atoms with E-state index in [9.17, 15) is 31.1 Å². The number of carbonyl (C=O) groups excluding carboxylic acids is 1. The molecule has 2 aromatic carbocycles. The lowest BCUT2D eigenvalue weighted by Gasteiger charge is -2.14. The fraction of sp³-hybridized carbons (Fsp3) is 0.118. The Morgan fingerprint density at radius 1 is 0.889 bits per heavy atom. The molecule has 0 atom stereocenters. The molecule has 0 heterocycles. The summed E-state index contributed by atoms with van der Waals surface area (Å²) >= 11 is 11.6. The standard InChI is InChI=1S/C17H9Cl2F6NO/c18-11-1-2-13(14(19)8-11)15(27)3-4-26-12-6-9(16(20,21)22)5-10(7-12)17(23,24)25/h1-8,26H/b4-3+. The van der Waals surface area contributed by atoms with Gasteiger partial charge < -0.3 is 5.32 Å². The Morgan fingerprint density at radius 3 is 1.93 bits per heavy atom. The Balaban J connectivity index is 2.26. The number of nitrogens with one attached hydrogen (secondary N) is 1. The van der Waals surface area contributed by atoms with Gasteiger partial charge in [0, 0.05) is 28.5 Å². The number of halogens is 8. The molecule has 0 unspecified atom stereocenters. The van der Waals surface area contributed by atoms with Gasteiger partial charge in [-0.05, 0) is 36.4 Å². The van der Waals surface area contributed by atoms with Crippen LogP contribution in [0.5, 0.6) is 0 Å². The molecule has 0 spiro atoms. The second-order valence-electron chi connectivity index (χ2n) is 5.26. The lowest BCUT2D eigenvalue weighted by atomic mass is 10.1. The number of benzene rings is 2. The summed E-state index contributed by atoms with van der Waals surface area (Å²) in [6.07, 6.45) is -8.09. The smallest absolute Gasteiger partial charge is 0.362 e. The Bertz CT molecular complexity index is 858. The molecular formula is C17H9Cl2F6NO. The first kappa shape index (κ1) is 21.1. The summed E-state index contributed by atoms with van der Waals surface area (Å²) in [5, 5.41) is 2.58. The molecule has 1 N–H and O–H groups in total. The van der Waals surface area contributed by atoms with Crippen molar-refractivity contribution in [1.29, 1.82) is 0 Å². The fourth-order valence-corrected chi connectivity index (χ4v) is 2.53. The molecule has 0 amide bonds. The van der Waals surface area contributed by atoms with Crippen molar-refractivity contribution in [3.8, 4) is 0 Å². The summed E-state index contributed by atoms with van der Waals surface area (Å²) in [6.45, 7) is 0. The quantitative estimate of drug-likeness (QED) is 0.328. The first-order valence-corrected chi connectivity index (χ1v) is 7.85. The van der Waals surface area contributed by atoms with Crippen LogP contribution in [0, 0.1) is 0 Å². The third kappa shape index (κ3) is 5.64. The summed E-state index contributed by atoms with van der Waals surface area (Å²) in [6, 6.07) is 5.07. The normalized spacial score (nSPS) is 12.4. The van der Waals surface area contributed by atoms with Crippen LogP contribution in [0.15, 0.2) is 48.7 Å². The molecule has 144 valence electrons. The number of hydrogen-bond donors (Lipinski definition) is 1. The van der Waals surface area contributed by atoms with Gasteiger partial charge in [0.1, 0.15) is 0 Å². The highest BCUT2D eigenvalue weighted by Gasteiger charge is 2.36. The molecule has 0 saturated heterocycles. The summed E-state index contributed by atoms with van der Waals surface area (Å²) in [7, 11) is 0. The highest BCUT2D eigenvalue weighted by molar-refractivity contribution is 6.37. The lowest BCUT2D eigenvalue weighted by Crippen LogP contribution is -2.11. The van der Waals surface area contributed by atoms with Crippen molar-refractivity contribution >= 4 is 34.7 Å². The largest absolute Gasteiger partial charge is 0.416 e. The van der Waals surface area contributed by atoms with E-state index in [0.717, 1.165) is 12.3 Å². The SMILES string of the molecule is O=C(/C=C/Nc1cc(C(F)(F)F)cc(C(F)(F)F)c1)c1ccc(Cl)cc1Cl. The summed E-state index contributed by atoms with van der Waals surface area (Å²) < 4.78 is 76.8. The van der Waals surface area contributed by atoms with Crippen molar-refractivity contribution in [2.45, 2.75) is 12.4 Å². The minimum atomic E-state index is -4.96. The van der Waals surface area contributed by atoms with Crippen LogP contribution < -0.4 is 5.32 Å². The number of rotatable bonds is 4. The van der Waals surface area contributed by atoms with Crippen molar-refractivity contribution in [3.63, 3.8) is 0 Å².